The molecule has 0 aliphatic heterocycles. The fourth-order valence-corrected chi connectivity index (χ4v) is 2.75. The number of anilines is 3. The van der Waals surface area contributed by atoms with E-state index in [-0.39, 0.29) is 5.69 Å². The molecule has 0 saturated carbocycles. The number of ether oxygens (including phenoxy) is 1. The smallest absolute Gasteiger partial charge is 0.253 e. The molecule has 0 radical (unpaired) electrons. The van der Waals surface area contributed by atoms with E-state index < -0.39 is 10.9 Å². The molecule has 0 bridgehead atoms. The van der Waals surface area contributed by atoms with Crippen molar-refractivity contribution in [3.05, 3.63) is 105 Å². The van der Waals surface area contributed by atoms with Gasteiger partial charge in [-0.05, 0) is 42.0 Å². The quantitative estimate of drug-likeness (QED) is 0.481. The lowest BCUT2D eigenvalue weighted by Gasteiger charge is -2.15. The number of nitrogens with zero attached hydrogens (tertiary/aromatic N) is 1. The molecule has 1 aromatic heterocycles. The number of pyridine rings is 1. The Morgan fingerprint density at radius 3 is 2.11 bits per heavy atom. The second-order valence-electron chi connectivity index (χ2n) is 6.18. The Hall–Kier alpha value is -3.93. The second kappa shape index (κ2) is 7.75. The van der Waals surface area contributed by atoms with E-state index in [2.05, 4.69) is 15.6 Å². The van der Waals surface area contributed by atoms with Crippen LogP contribution in [0.2, 0.25) is 0 Å². The Bertz CT molecular complexity index is 1130. The molecule has 2 N–H and O–H groups in total. The average molecular weight is 371 g/mol. The van der Waals surface area contributed by atoms with Crippen LogP contribution in [0.5, 0.6) is 11.5 Å². The van der Waals surface area contributed by atoms with Crippen LogP contribution in [0.25, 0.3) is 0 Å². The first kappa shape index (κ1) is 17.5. The second-order valence-corrected chi connectivity index (χ2v) is 6.18. The Labute approximate surface area is 161 Å². The molecule has 0 unspecified atom stereocenters. The zero-order chi connectivity index (χ0) is 19.3. The minimum atomic E-state index is -0.522. The van der Waals surface area contributed by atoms with Gasteiger partial charge in [-0.15, -0.1) is 0 Å². The fourth-order valence-electron chi connectivity index (χ4n) is 2.75. The van der Waals surface area contributed by atoms with Crippen molar-refractivity contribution in [1.29, 1.82) is 0 Å². The Morgan fingerprint density at radius 2 is 1.39 bits per heavy atom. The predicted octanol–water partition coefficient (Wildman–Crippen LogP) is 3.83. The number of hydrogen-bond acceptors (Lipinski definition) is 6. The van der Waals surface area contributed by atoms with Gasteiger partial charge in [-0.1, -0.05) is 30.3 Å². The zero-order valence-electron chi connectivity index (χ0n) is 14.9. The van der Waals surface area contributed by atoms with Crippen molar-refractivity contribution in [2.45, 2.75) is 6.54 Å². The highest BCUT2D eigenvalue weighted by Crippen LogP contribution is 2.23. The minimum Gasteiger partial charge on any atom is -0.457 e. The number of aromatic nitrogens is 1. The van der Waals surface area contributed by atoms with Gasteiger partial charge in [0.15, 0.2) is 0 Å². The van der Waals surface area contributed by atoms with Gasteiger partial charge in [0.1, 0.15) is 22.9 Å². The van der Waals surface area contributed by atoms with Crippen LogP contribution in [0.3, 0.4) is 0 Å². The van der Waals surface area contributed by atoms with E-state index in [4.69, 9.17) is 4.74 Å². The zero-order valence-corrected chi connectivity index (χ0v) is 14.9. The van der Waals surface area contributed by atoms with Crippen LogP contribution in [0, 0.1) is 0 Å². The minimum absolute atomic E-state index is 0.278. The van der Waals surface area contributed by atoms with E-state index in [0.717, 1.165) is 17.1 Å². The third-order valence-electron chi connectivity index (χ3n) is 4.23. The molecule has 1 heterocycles. The van der Waals surface area contributed by atoms with Crippen molar-refractivity contribution in [1.82, 2.24) is 4.98 Å². The van der Waals surface area contributed by atoms with E-state index in [1.807, 2.05) is 54.6 Å². The molecule has 0 atom stereocenters. The van der Waals surface area contributed by atoms with E-state index >= 15 is 0 Å². The highest BCUT2D eigenvalue weighted by molar-refractivity contribution is 5.78. The number of nitrogens with one attached hydrogen (secondary N) is 2. The molecule has 4 aromatic rings. The lowest BCUT2D eigenvalue weighted by molar-refractivity contribution is 0.482. The van der Waals surface area contributed by atoms with E-state index in [1.165, 1.54) is 0 Å². The normalized spacial score (nSPS) is 10.6. The predicted molar refractivity (Wildman–Crippen MR) is 109 cm³/mol. The van der Waals surface area contributed by atoms with Gasteiger partial charge in [-0.3, -0.25) is 14.6 Å². The first-order chi connectivity index (χ1) is 13.7. The van der Waals surface area contributed by atoms with Gasteiger partial charge in [0.2, 0.25) is 0 Å². The van der Waals surface area contributed by atoms with Gasteiger partial charge in [-0.25, -0.2) is 0 Å². The van der Waals surface area contributed by atoms with E-state index in [0.29, 0.717) is 17.9 Å². The molecule has 0 fully saturated rings. The number of para-hydroxylation sites is 1. The summed E-state index contributed by atoms with van der Waals surface area (Å²) in [6, 6.07) is 20.5. The molecular weight excluding hydrogens is 354 g/mol. The van der Waals surface area contributed by atoms with Crippen LogP contribution in [-0.2, 0) is 6.54 Å². The summed E-state index contributed by atoms with van der Waals surface area (Å²) in [5.41, 5.74) is 1.20. The van der Waals surface area contributed by atoms with Crippen LogP contribution in [-0.4, -0.2) is 4.98 Å². The largest absolute Gasteiger partial charge is 0.457 e. The van der Waals surface area contributed by atoms with E-state index in [9.17, 15) is 9.59 Å². The highest BCUT2D eigenvalue weighted by atomic mass is 16.5. The molecule has 6 nitrogen and oxygen atoms in total. The molecular formula is C22H17N3O3. The maximum absolute atomic E-state index is 11.9. The van der Waals surface area contributed by atoms with Crippen molar-refractivity contribution in [3.8, 4) is 11.5 Å². The molecule has 0 spiro atoms. The van der Waals surface area contributed by atoms with Crippen LogP contribution in [0.1, 0.15) is 5.56 Å². The molecule has 0 saturated heterocycles. The van der Waals surface area contributed by atoms with Gasteiger partial charge >= 0.3 is 0 Å². The average Bonchev–Trinajstić information content (AvgIpc) is 2.75. The van der Waals surface area contributed by atoms with Crippen LogP contribution in [0.15, 0.2) is 88.7 Å². The Balaban J connectivity index is 1.40. The van der Waals surface area contributed by atoms with Crippen molar-refractivity contribution in [2.75, 3.05) is 10.6 Å². The summed E-state index contributed by atoms with van der Waals surface area (Å²) >= 11 is 0. The van der Waals surface area contributed by atoms with Gasteiger partial charge in [0.25, 0.3) is 10.9 Å². The summed E-state index contributed by atoms with van der Waals surface area (Å²) in [6.07, 6.45) is 3.22. The van der Waals surface area contributed by atoms with Gasteiger partial charge in [-0.2, -0.15) is 0 Å². The summed E-state index contributed by atoms with van der Waals surface area (Å²) in [5, 5.41) is 6.01. The van der Waals surface area contributed by atoms with Crippen molar-refractivity contribution in [2.24, 2.45) is 0 Å². The number of benzene rings is 2. The molecule has 138 valence electrons. The maximum atomic E-state index is 11.9. The van der Waals surface area contributed by atoms with Gasteiger partial charge in [0.05, 0.1) is 0 Å². The Morgan fingerprint density at radius 1 is 0.750 bits per heavy atom. The SMILES string of the molecule is O=c1c(NCc2ccc(Oc3ccccc3)cc2)c(Nc2ccncc2)c1=O. The number of hydrogen-bond donors (Lipinski definition) is 2. The fraction of sp³-hybridized carbons (Fsp3) is 0.0455. The standard InChI is InChI=1S/C22H17N3O3/c26-21-19(20(22(21)27)25-16-10-12-23-13-11-16)24-14-15-6-8-18(9-7-15)28-17-4-2-1-3-5-17/h1-13,24H,14H2,(H,23,25). The van der Waals surface area contributed by atoms with Crippen LogP contribution in [0.4, 0.5) is 17.1 Å². The summed E-state index contributed by atoms with van der Waals surface area (Å²) < 4.78 is 5.76. The van der Waals surface area contributed by atoms with Crippen molar-refractivity contribution < 1.29 is 4.74 Å². The summed E-state index contributed by atoms with van der Waals surface area (Å²) in [5.74, 6) is 1.49. The maximum Gasteiger partial charge on any atom is 0.253 e. The highest BCUT2D eigenvalue weighted by Gasteiger charge is 2.20. The van der Waals surface area contributed by atoms with Crippen LogP contribution >= 0.6 is 0 Å². The molecule has 0 aliphatic rings. The lowest BCUT2D eigenvalue weighted by atomic mass is 10.1. The Kier molecular flexibility index (Phi) is 4.84. The molecule has 0 amide bonds. The summed E-state index contributed by atoms with van der Waals surface area (Å²) in [7, 11) is 0. The summed E-state index contributed by atoms with van der Waals surface area (Å²) in [4.78, 5) is 27.7. The lowest BCUT2D eigenvalue weighted by Crippen LogP contribution is -2.36. The first-order valence-electron chi connectivity index (χ1n) is 8.77. The topological polar surface area (TPSA) is 80.3 Å². The van der Waals surface area contributed by atoms with Crippen LogP contribution < -0.4 is 26.2 Å². The van der Waals surface area contributed by atoms with Crippen molar-refractivity contribution in [3.63, 3.8) is 0 Å². The van der Waals surface area contributed by atoms with Gasteiger partial charge in [0, 0.05) is 24.6 Å². The summed E-state index contributed by atoms with van der Waals surface area (Å²) in [6.45, 7) is 0.418. The molecule has 28 heavy (non-hydrogen) atoms. The van der Waals surface area contributed by atoms with E-state index in [1.54, 1.807) is 24.5 Å². The first-order valence-corrected chi connectivity index (χ1v) is 8.77. The van der Waals surface area contributed by atoms with Crippen molar-refractivity contribution >= 4 is 17.1 Å². The molecule has 0 aliphatic carbocycles. The number of rotatable bonds is 7. The monoisotopic (exact) mass is 371 g/mol. The molecule has 6 heteroatoms. The third kappa shape index (κ3) is 3.76. The van der Waals surface area contributed by atoms with Gasteiger partial charge < -0.3 is 15.4 Å². The molecule has 3 aromatic carbocycles. The molecule has 4 rings (SSSR count). The third-order valence-corrected chi connectivity index (χ3v) is 4.23.